The van der Waals surface area contributed by atoms with Gasteiger partial charge in [-0.25, -0.2) is 0 Å². The summed E-state index contributed by atoms with van der Waals surface area (Å²) < 4.78 is 5.61. The summed E-state index contributed by atoms with van der Waals surface area (Å²) in [5, 5.41) is 6.20. The monoisotopic (exact) mass is 276 g/mol. The zero-order valence-electron chi connectivity index (χ0n) is 12.2. The maximum absolute atomic E-state index is 11.8. The highest BCUT2D eigenvalue weighted by Crippen LogP contribution is 2.14. The van der Waals surface area contributed by atoms with Crippen LogP contribution in [0, 0.1) is 0 Å². The maximum atomic E-state index is 11.8. The summed E-state index contributed by atoms with van der Waals surface area (Å²) >= 11 is 0. The highest BCUT2D eigenvalue weighted by Gasteiger charge is 2.21. The Morgan fingerprint density at radius 3 is 3.15 bits per heavy atom. The molecule has 0 spiro atoms. The predicted octanol–water partition coefficient (Wildman–Crippen LogP) is 1.89. The largest absolute Gasteiger partial charge is 0.494 e. The van der Waals surface area contributed by atoms with Crippen molar-refractivity contribution in [3.63, 3.8) is 0 Å². The summed E-state index contributed by atoms with van der Waals surface area (Å²) in [4.78, 5) is 11.8. The third kappa shape index (κ3) is 4.53. The van der Waals surface area contributed by atoms with Crippen LogP contribution in [0.15, 0.2) is 24.3 Å². The van der Waals surface area contributed by atoms with Gasteiger partial charge in [-0.3, -0.25) is 4.79 Å². The zero-order chi connectivity index (χ0) is 14.2. The molecule has 1 aliphatic heterocycles. The molecule has 1 atom stereocenters. The lowest BCUT2D eigenvalue weighted by atomic mass is 10.1. The lowest BCUT2D eigenvalue weighted by Gasteiger charge is -2.11. The first-order valence-corrected chi connectivity index (χ1v) is 7.52. The smallest absolute Gasteiger partial charge is 0.237 e. The van der Waals surface area contributed by atoms with E-state index in [4.69, 9.17) is 4.74 Å². The van der Waals surface area contributed by atoms with Gasteiger partial charge in [0.2, 0.25) is 5.91 Å². The number of rotatable bonds is 7. The zero-order valence-corrected chi connectivity index (χ0v) is 12.2. The molecule has 4 nitrogen and oxygen atoms in total. The standard InChI is InChI=1S/C16H24N2O2/c1-2-11-20-14-6-3-5-13(12-14)8-10-18-16(19)15-7-4-9-17-15/h3,5-6,12,15,17H,2,4,7-11H2,1H3,(H,18,19). The van der Waals surface area contributed by atoms with Crippen molar-refractivity contribution in [2.45, 2.75) is 38.6 Å². The Labute approximate surface area is 120 Å². The number of amides is 1. The van der Waals surface area contributed by atoms with Crippen LogP contribution >= 0.6 is 0 Å². The van der Waals surface area contributed by atoms with Crippen LogP contribution in [-0.4, -0.2) is 31.6 Å². The van der Waals surface area contributed by atoms with Crippen molar-refractivity contribution >= 4 is 5.91 Å². The Morgan fingerprint density at radius 1 is 1.50 bits per heavy atom. The van der Waals surface area contributed by atoms with Crippen LogP contribution in [0.4, 0.5) is 0 Å². The summed E-state index contributed by atoms with van der Waals surface area (Å²) in [6.07, 6.45) is 3.89. The third-order valence-electron chi connectivity index (χ3n) is 3.46. The number of carbonyl (C=O) groups is 1. The Bertz CT molecular complexity index is 428. The molecule has 1 aliphatic rings. The van der Waals surface area contributed by atoms with Crippen LogP contribution in [0.2, 0.25) is 0 Å². The van der Waals surface area contributed by atoms with Gasteiger partial charge >= 0.3 is 0 Å². The predicted molar refractivity (Wildman–Crippen MR) is 80.0 cm³/mol. The van der Waals surface area contributed by atoms with Crippen LogP contribution in [-0.2, 0) is 11.2 Å². The minimum Gasteiger partial charge on any atom is -0.494 e. The van der Waals surface area contributed by atoms with E-state index in [0.717, 1.165) is 44.6 Å². The molecule has 1 aromatic carbocycles. The minimum atomic E-state index is 0.00854. The first-order chi connectivity index (χ1) is 9.79. The van der Waals surface area contributed by atoms with Crippen molar-refractivity contribution in [1.82, 2.24) is 10.6 Å². The molecule has 1 saturated heterocycles. The molecule has 1 heterocycles. The van der Waals surface area contributed by atoms with E-state index in [1.165, 1.54) is 5.56 Å². The third-order valence-corrected chi connectivity index (χ3v) is 3.46. The van der Waals surface area contributed by atoms with Gasteiger partial charge in [-0.2, -0.15) is 0 Å². The molecule has 2 N–H and O–H groups in total. The molecule has 0 aliphatic carbocycles. The molecule has 1 fully saturated rings. The summed E-state index contributed by atoms with van der Waals surface area (Å²) in [6, 6.07) is 8.10. The van der Waals surface area contributed by atoms with Crippen molar-refractivity contribution in [3.8, 4) is 5.75 Å². The quantitative estimate of drug-likeness (QED) is 0.799. The Kier molecular flexibility index (Phi) is 5.87. The molecule has 0 aromatic heterocycles. The van der Waals surface area contributed by atoms with Gasteiger partial charge < -0.3 is 15.4 Å². The summed E-state index contributed by atoms with van der Waals surface area (Å²) in [6.45, 7) is 4.47. The summed E-state index contributed by atoms with van der Waals surface area (Å²) in [5.74, 6) is 1.04. The highest BCUT2D eigenvalue weighted by atomic mass is 16.5. The van der Waals surface area contributed by atoms with Gasteiger partial charge in [0.1, 0.15) is 5.75 Å². The van der Waals surface area contributed by atoms with E-state index in [9.17, 15) is 4.79 Å². The van der Waals surface area contributed by atoms with E-state index in [2.05, 4.69) is 29.7 Å². The molecule has 2 rings (SSSR count). The van der Waals surface area contributed by atoms with E-state index < -0.39 is 0 Å². The Morgan fingerprint density at radius 2 is 2.40 bits per heavy atom. The average Bonchev–Trinajstić information content (AvgIpc) is 3.00. The van der Waals surface area contributed by atoms with Crippen molar-refractivity contribution in [1.29, 1.82) is 0 Å². The minimum absolute atomic E-state index is 0.00854. The molecule has 0 saturated carbocycles. The molecular formula is C16H24N2O2. The van der Waals surface area contributed by atoms with Crippen molar-refractivity contribution in [2.75, 3.05) is 19.7 Å². The van der Waals surface area contributed by atoms with Gasteiger partial charge in [0.25, 0.3) is 0 Å². The van der Waals surface area contributed by atoms with E-state index >= 15 is 0 Å². The number of ether oxygens (including phenoxy) is 1. The lowest BCUT2D eigenvalue weighted by molar-refractivity contribution is -0.122. The fourth-order valence-electron chi connectivity index (χ4n) is 2.37. The molecular weight excluding hydrogens is 252 g/mol. The summed E-state index contributed by atoms with van der Waals surface area (Å²) in [5.41, 5.74) is 1.19. The molecule has 1 aromatic rings. The normalized spacial score (nSPS) is 17.9. The average molecular weight is 276 g/mol. The van der Waals surface area contributed by atoms with Crippen molar-refractivity contribution < 1.29 is 9.53 Å². The molecule has 4 heteroatoms. The van der Waals surface area contributed by atoms with Gasteiger partial charge in [-0.1, -0.05) is 19.1 Å². The number of carbonyl (C=O) groups excluding carboxylic acids is 1. The number of benzene rings is 1. The second-order valence-electron chi connectivity index (χ2n) is 5.19. The number of hydrogen-bond donors (Lipinski definition) is 2. The number of hydrogen-bond acceptors (Lipinski definition) is 3. The van der Waals surface area contributed by atoms with Crippen molar-refractivity contribution in [2.24, 2.45) is 0 Å². The molecule has 1 amide bonds. The first-order valence-electron chi connectivity index (χ1n) is 7.52. The fraction of sp³-hybridized carbons (Fsp3) is 0.562. The number of nitrogens with one attached hydrogen (secondary N) is 2. The van der Waals surface area contributed by atoms with Gasteiger partial charge in [-0.15, -0.1) is 0 Å². The molecule has 110 valence electrons. The van der Waals surface area contributed by atoms with E-state index in [-0.39, 0.29) is 11.9 Å². The topological polar surface area (TPSA) is 50.4 Å². The van der Waals surface area contributed by atoms with Crippen LogP contribution in [0.3, 0.4) is 0 Å². The second-order valence-corrected chi connectivity index (χ2v) is 5.19. The van der Waals surface area contributed by atoms with Gasteiger partial charge in [0, 0.05) is 6.54 Å². The SMILES string of the molecule is CCCOc1cccc(CCNC(=O)C2CCCN2)c1. The van der Waals surface area contributed by atoms with Crippen LogP contribution in [0.1, 0.15) is 31.7 Å². The molecule has 1 unspecified atom stereocenters. The van der Waals surface area contributed by atoms with Gasteiger partial charge in [-0.05, 0) is 49.9 Å². The second kappa shape index (κ2) is 7.90. The van der Waals surface area contributed by atoms with E-state index in [0.29, 0.717) is 6.54 Å². The molecule has 20 heavy (non-hydrogen) atoms. The van der Waals surface area contributed by atoms with Crippen LogP contribution in [0.25, 0.3) is 0 Å². The Hall–Kier alpha value is -1.55. The van der Waals surface area contributed by atoms with Gasteiger partial charge in [0.05, 0.1) is 12.6 Å². The van der Waals surface area contributed by atoms with Crippen LogP contribution in [0.5, 0.6) is 5.75 Å². The van der Waals surface area contributed by atoms with E-state index in [1.807, 2.05) is 12.1 Å². The van der Waals surface area contributed by atoms with Crippen molar-refractivity contribution in [3.05, 3.63) is 29.8 Å². The first kappa shape index (κ1) is 14.9. The Balaban J connectivity index is 1.74. The molecule has 0 radical (unpaired) electrons. The molecule has 0 bridgehead atoms. The summed E-state index contributed by atoms with van der Waals surface area (Å²) in [7, 11) is 0. The fourth-order valence-corrected chi connectivity index (χ4v) is 2.37. The maximum Gasteiger partial charge on any atom is 0.237 e. The van der Waals surface area contributed by atoms with Gasteiger partial charge in [0.15, 0.2) is 0 Å². The lowest BCUT2D eigenvalue weighted by Crippen LogP contribution is -2.41. The van der Waals surface area contributed by atoms with Crippen LogP contribution < -0.4 is 15.4 Å². The highest BCUT2D eigenvalue weighted by molar-refractivity contribution is 5.81. The van der Waals surface area contributed by atoms with E-state index in [1.54, 1.807) is 0 Å².